The predicted molar refractivity (Wildman–Crippen MR) is 79.3 cm³/mol. The van der Waals surface area contributed by atoms with Gasteiger partial charge in [-0.2, -0.15) is 0 Å². The lowest BCUT2D eigenvalue weighted by Crippen LogP contribution is -1.85. The van der Waals surface area contributed by atoms with Crippen molar-refractivity contribution in [1.29, 1.82) is 0 Å². The Morgan fingerprint density at radius 2 is 1.17 bits per heavy atom. The SMILES string of the molecule is C=Cc1ccccc1C=C.OCCCCCCO. The minimum Gasteiger partial charge on any atom is -0.396 e. The van der Waals surface area contributed by atoms with E-state index in [9.17, 15) is 0 Å². The monoisotopic (exact) mass is 248 g/mol. The van der Waals surface area contributed by atoms with E-state index in [1.807, 2.05) is 36.4 Å². The fraction of sp³-hybridized carbons (Fsp3) is 0.375. The Balaban J connectivity index is 0.000000331. The van der Waals surface area contributed by atoms with Crippen LogP contribution in [0.3, 0.4) is 0 Å². The summed E-state index contributed by atoms with van der Waals surface area (Å²) in [5.74, 6) is 0. The van der Waals surface area contributed by atoms with Crippen LogP contribution in [0, 0.1) is 0 Å². The Labute approximate surface area is 110 Å². The van der Waals surface area contributed by atoms with E-state index in [0.717, 1.165) is 36.8 Å². The molecule has 0 unspecified atom stereocenters. The topological polar surface area (TPSA) is 40.5 Å². The maximum absolute atomic E-state index is 8.30. The first-order valence-electron chi connectivity index (χ1n) is 6.35. The molecule has 18 heavy (non-hydrogen) atoms. The fourth-order valence-electron chi connectivity index (χ4n) is 1.46. The summed E-state index contributed by atoms with van der Waals surface area (Å²) >= 11 is 0. The van der Waals surface area contributed by atoms with E-state index in [-0.39, 0.29) is 13.2 Å². The van der Waals surface area contributed by atoms with E-state index in [1.54, 1.807) is 0 Å². The number of benzene rings is 1. The lowest BCUT2D eigenvalue weighted by atomic mass is 10.1. The summed E-state index contributed by atoms with van der Waals surface area (Å²) in [5, 5.41) is 16.6. The van der Waals surface area contributed by atoms with Gasteiger partial charge in [-0.3, -0.25) is 0 Å². The molecule has 2 N–H and O–H groups in total. The molecule has 0 aliphatic rings. The quantitative estimate of drug-likeness (QED) is 0.725. The fourth-order valence-corrected chi connectivity index (χ4v) is 1.46. The van der Waals surface area contributed by atoms with Gasteiger partial charge in [0.25, 0.3) is 0 Å². The Morgan fingerprint density at radius 1 is 0.778 bits per heavy atom. The summed E-state index contributed by atoms with van der Waals surface area (Å²) in [6, 6.07) is 8.02. The molecule has 2 heteroatoms. The van der Waals surface area contributed by atoms with Crippen molar-refractivity contribution in [2.75, 3.05) is 13.2 Å². The van der Waals surface area contributed by atoms with E-state index in [2.05, 4.69) is 13.2 Å². The first-order chi connectivity index (χ1) is 8.79. The largest absolute Gasteiger partial charge is 0.396 e. The second-order valence-corrected chi connectivity index (χ2v) is 3.90. The van der Waals surface area contributed by atoms with Gasteiger partial charge in [-0.15, -0.1) is 0 Å². The molecule has 0 bridgehead atoms. The van der Waals surface area contributed by atoms with Gasteiger partial charge in [0, 0.05) is 13.2 Å². The van der Waals surface area contributed by atoms with Crippen LogP contribution in [0.25, 0.3) is 12.2 Å². The van der Waals surface area contributed by atoms with Crippen LogP contribution in [-0.4, -0.2) is 23.4 Å². The normalized spacial score (nSPS) is 9.22. The van der Waals surface area contributed by atoms with Crippen molar-refractivity contribution in [3.63, 3.8) is 0 Å². The first kappa shape index (κ1) is 16.6. The minimum atomic E-state index is 0.283. The number of rotatable bonds is 7. The Morgan fingerprint density at radius 3 is 1.44 bits per heavy atom. The van der Waals surface area contributed by atoms with Gasteiger partial charge in [-0.05, 0) is 24.0 Å². The lowest BCUT2D eigenvalue weighted by Gasteiger charge is -1.96. The third-order valence-electron chi connectivity index (χ3n) is 2.50. The molecule has 0 amide bonds. The van der Waals surface area contributed by atoms with Gasteiger partial charge in [0.2, 0.25) is 0 Å². The van der Waals surface area contributed by atoms with Crippen molar-refractivity contribution in [2.45, 2.75) is 25.7 Å². The smallest absolute Gasteiger partial charge is 0.0431 e. The zero-order chi connectivity index (χ0) is 13.6. The third kappa shape index (κ3) is 7.82. The molecule has 100 valence electrons. The van der Waals surface area contributed by atoms with Crippen LogP contribution < -0.4 is 0 Å². The third-order valence-corrected chi connectivity index (χ3v) is 2.50. The van der Waals surface area contributed by atoms with Crippen LogP contribution in [0.15, 0.2) is 37.4 Å². The molecule has 0 radical (unpaired) electrons. The van der Waals surface area contributed by atoms with Gasteiger partial charge in [0.15, 0.2) is 0 Å². The summed E-state index contributed by atoms with van der Waals surface area (Å²) in [4.78, 5) is 0. The van der Waals surface area contributed by atoms with Crippen molar-refractivity contribution in [3.8, 4) is 0 Å². The molecule has 1 aromatic carbocycles. The summed E-state index contributed by atoms with van der Waals surface area (Å²) in [5.41, 5.74) is 2.27. The zero-order valence-electron chi connectivity index (χ0n) is 11.0. The van der Waals surface area contributed by atoms with Crippen molar-refractivity contribution >= 4 is 12.2 Å². The molecule has 0 fully saturated rings. The molecule has 0 aliphatic heterocycles. The van der Waals surface area contributed by atoms with Gasteiger partial charge in [-0.25, -0.2) is 0 Å². The van der Waals surface area contributed by atoms with Crippen molar-refractivity contribution in [2.24, 2.45) is 0 Å². The average molecular weight is 248 g/mol. The minimum absolute atomic E-state index is 0.283. The Kier molecular flexibility index (Phi) is 11.2. The summed E-state index contributed by atoms with van der Waals surface area (Å²) < 4.78 is 0. The van der Waals surface area contributed by atoms with Gasteiger partial charge in [0.05, 0.1) is 0 Å². The molecule has 0 saturated carbocycles. The summed E-state index contributed by atoms with van der Waals surface area (Å²) in [7, 11) is 0. The molecular formula is C16H24O2. The van der Waals surface area contributed by atoms with Gasteiger partial charge in [-0.1, -0.05) is 62.4 Å². The summed E-state index contributed by atoms with van der Waals surface area (Å²) in [6.07, 6.45) is 7.49. The summed E-state index contributed by atoms with van der Waals surface area (Å²) in [6.45, 7) is 7.95. The Bertz CT molecular complexity index is 299. The van der Waals surface area contributed by atoms with Crippen molar-refractivity contribution in [3.05, 3.63) is 48.6 Å². The first-order valence-corrected chi connectivity index (χ1v) is 6.35. The second kappa shape index (κ2) is 12.1. The highest BCUT2D eigenvalue weighted by Gasteiger charge is 1.89. The Hall–Kier alpha value is -1.38. The maximum atomic E-state index is 8.30. The molecule has 1 aromatic rings. The van der Waals surface area contributed by atoms with Crippen LogP contribution in [0.2, 0.25) is 0 Å². The molecule has 1 rings (SSSR count). The van der Waals surface area contributed by atoms with E-state index in [4.69, 9.17) is 10.2 Å². The molecular weight excluding hydrogens is 224 g/mol. The van der Waals surface area contributed by atoms with E-state index in [1.165, 1.54) is 0 Å². The van der Waals surface area contributed by atoms with E-state index < -0.39 is 0 Å². The van der Waals surface area contributed by atoms with Crippen LogP contribution in [0.1, 0.15) is 36.8 Å². The molecule has 0 aromatic heterocycles. The molecule has 2 nitrogen and oxygen atoms in total. The van der Waals surface area contributed by atoms with Crippen molar-refractivity contribution in [1.82, 2.24) is 0 Å². The maximum Gasteiger partial charge on any atom is 0.0431 e. The molecule has 0 saturated heterocycles. The number of hydrogen-bond acceptors (Lipinski definition) is 2. The standard InChI is InChI=1S/C10H10.C6H14O2/c1-3-9-7-5-6-8-10(9)4-2;7-5-3-1-2-4-6-8/h3-8H,1-2H2;7-8H,1-6H2. The lowest BCUT2D eigenvalue weighted by molar-refractivity contribution is 0.265. The van der Waals surface area contributed by atoms with Crippen LogP contribution in [0.5, 0.6) is 0 Å². The van der Waals surface area contributed by atoms with E-state index in [0.29, 0.717) is 0 Å². The molecule has 0 heterocycles. The van der Waals surface area contributed by atoms with Crippen LogP contribution >= 0.6 is 0 Å². The highest BCUT2D eigenvalue weighted by Crippen LogP contribution is 2.10. The second-order valence-electron chi connectivity index (χ2n) is 3.90. The number of hydrogen-bond donors (Lipinski definition) is 2. The number of aliphatic hydroxyl groups excluding tert-OH is 2. The van der Waals surface area contributed by atoms with Crippen LogP contribution in [0.4, 0.5) is 0 Å². The van der Waals surface area contributed by atoms with E-state index >= 15 is 0 Å². The predicted octanol–water partition coefficient (Wildman–Crippen LogP) is 3.50. The zero-order valence-corrected chi connectivity index (χ0v) is 11.0. The average Bonchev–Trinajstić information content (AvgIpc) is 2.44. The number of unbranched alkanes of at least 4 members (excludes halogenated alkanes) is 3. The number of aliphatic hydroxyl groups is 2. The molecule has 0 atom stereocenters. The molecule has 0 spiro atoms. The van der Waals surface area contributed by atoms with Gasteiger partial charge < -0.3 is 10.2 Å². The highest BCUT2D eigenvalue weighted by molar-refractivity contribution is 5.63. The molecule has 0 aliphatic carbocycles. The van der Waals surface area contributed by atoms with Crippen LogP contribution in [-0.2, 0) is 0 Å². The van der Waals surface area contributed by atoms with Crippen molar-refractivity contribution < 1.29 is 10.2 Å². The highest BCUT2D eigenvalue weighted by atomic mass is 16.3. The van der Waals surface area contributed by atoms with Gasteiger partial charge in [0.1, 0.15) is 0 Å². The van der Waals surface area contributed by atoms with Gasteiger partial charge >= 0.3 is 0 Å².